The van der Waals surface area contributed by atoms with Crippen LogP contribution in [0.1, 0.15) is 55.4 Å². The first kappa shape index (κ1) is 53.9. The number of hydrogen-bond donors (Lipinski definition) is 0. The summed E-state index contributed by atoms with van der Waals surface area (Å²) in [6.07, 6.45) is 0. The van der Waals surface area contributed by atoms with Gasteiger partial charge in [-0.05, 0) is 0 Å². The van der Waals surface area contributed by atoms with Gasteiger partial charge in [-0.2, -0.15) is 0 Å². The molecule has 12 nitrogen and oxygen atoms in total. The van der Waals surface area contributed by atoms with Gasteiger partial charge in [-0.3, -0.25) is 0 Å². The van der Waals surface area contributed by atoms with Gasteiger partial charge in [0.25, 0.3) is 0 Å². The first-order valence-corrected chi connectivity index (χ1v) is 25.2. The summed E-state index contributed by atoms with van der Waals surface area (Å²) < 4.78 is 126. The third-order valence-electron chi connectivity index (χ3n) is 2.08. The van der Waals surface area contributed by atoms with Crippen LogP contribution in [0.3, 0.4) is 0 Å². The summed E-state index contributed by atoms with van der Waals surface area (Å²) in [5.41, 5.74) is 0. The van der Waals surface area contributed by atoms with E-state index in [4.69, 9.17) is 0 Å². The molecular formula is C16H40F4O12P4S8. The van der Waals surface area contributed by atoms with Crippen molar-refractivity contribution in [1.29, 1.82) is 0 Å². The van der Waals surface area contributed by atoms with Crippen LogP contribution in [0.5, 0.6) is 0 Å². The summed E-state index contributed by atoms with van der Waals surface area (Å²) in [6.45, 7) is 14.1. The van der Waals surface area contributed by atoms with Gasteiger partial charge in [0.05, 0.1) is 0 Å². The maximum Gasteiger partial charge on any atom is 0.535 e. The molecule has 0 saturated heterocycles. The molecule has 0 amide bonds. The molecule has 0 rings (SSSR count). The Balaban J connectivity index is -0.000000242. The van der Waals surface area contributed by atoms with Crippen molar-refractivity contribution in [2.75, 3.05) is 46.0 Å². The molecule has 0 aromatic heterocycles. The molecule has 272 valence electrons. The van der Waals surface area contributed by atoms with E-state index in [2.05, 4.69) is 31.8 Å². The summed E-state index contributed by atoms with van der Waals surface area (Å²) >= 11 is 6.31. The van der Waals surface area contributed by atoms with Crippen LogP contribution in [0, 0.1) is 0 Å². The van der Waals surface area contributed by atoms with E-state index in [1.165, 1.54) is 0 Å². The monoisotopic (exact) mass is 880 g/mol. The van der Waals surface area contributed by atoms with Gasteiger partial charge in [0.1, 0.15) is 0 Å². The van der Waals surface area contributed by atoms with Gasteiger partial charge in [0.15, 0.2) is 0 Å². The highest BCUT2D eigenvalue weighted by atomic mass is 32.2. The SMILES string of the molecule is CCSOP(=O)(F)OSCC.CCSOP(=O)(F)OSCC.CCSOP(=O)(F)OSCC.CCSOP(=O)(F)OSCC. The van der Waals surface area contributed by atoms with Crippen LogP contribution in [0.15, 0.2) is 0 Å². The lowest BCUT2D eigenvalue weighted by molar-refractivity contribution is 0.376. The predicted molar refractivity (Wildman–Crippen MR) is 189 cm³/mol. The zero-order chi connectivity index (χ0) is 35.0. The largest absolute Gasteiger partial charge is 0.535 e. The third-order valence-corrected chi connectivity index (χ3v) is 13.0. The molecule has 0 aliphatic heterocycles. The van der Waals surface area contributed by atoms with Crippen molar-refractivity contribution in [3.05, 3.63) is 0 Å². The summed E-state index contributed by atoms with van der Waals surface area (Å²) in [5.74, 6) is 4.29. The van der Waals surface area contributed by atoms with E-state index >= 15 is 0 Å². The van der Waals surface area contributed by atoms with Gasteiger partial charge in [-0.1, -0.05) is 55.4 Å². The average molecular weight is 881 g/mol. The Bertz CT molecular complexity index is 661. The molecule has 0 unspecified atom stereocenters. The second kappa shape index (κ2) is 35.9. The first-order chi connectivity index (χ1) is 20.5. The Hall–Kier alpha value is 3.12. The third kappa shape index (κ3) is 47.2. The summed E-state index contributed by atoms with van der Waals surface area (Å²) in [5, 5.41) is 0. The van der Waals surface area contributed by atoms with Crippen LogP contribution in [0.2, 0.25) is 0 Å². The van der Waals surface area contributed by atoms with Gasteiger partial charge in [0.2, 0.25) is 0 Å². The standard InChI is InChI=1S/4C4H10FO3PS2/c4*1-3-10-7-9(5,6)8-11-4-2/h4*3-4H2,1-2H3. The summed E-state index contributed by atoms with van der Waals surface area (Å²) in [6, 6.07) is 0. The van der Waals surface area contributed by atoms with Crippen LogP contribution in [0.25, 0.3) is 0 Å². The number of halogens is 4. The Kier molecular flexibility index (Phi) is 44.0. The molecule has 0 heterocycles. The fraction of sp³-hybridized carbons (Fsp3) is 1.00. The molecule has 0 N–H and O–H groups in total. The van der Waals surface area contributed by atoms with Crippen molar-refractivity contribution in [3.63, 3.8) is 0 Å². The molecular weight excluding hydrogens is 841 g/mol. The topological polar surface area (TPSA) is 142 Å². The molecule has 0 spiro atoms. The van der Waals surface area contributed by atoms with Crippen LogP contribution < -0.4 is 0 Å². The average Bonchev–Trinajstić information content (AvgIpc) is 2.98. The normalized spacial score (nSPS) is 11.9. The van der Waals surface area contributed by atoms with E-state index < -0.39 is 31.6 Å². The Morgan fingerprint density at radius 2 is 0.409 bits per heavy atom. The zero-order valence-electron chi connectivity index (χ0n) is 25.1. The van der Waals surface area contributed by atoms with E-state index in [9.17, 15) is 35.0 Å². The van der Waals surface area contributed by atoms with Gasteiger partial charge < -0.3 is 0 Å². The summed E-state index contributed by atoms with van der Waals surface area (Å²) in [4.78, 5) is 0. The maximum absolute atomic E-state index is 12.5. The lowest BCUT2D eigenvalue weighted by Gasteiger charge is -2.04. The molecule has 0 aromatic rings. The second-order valence-electron chi connectivity index (χ2n) is 5.57. The predicted octanol–water partition coefficient (Wildman–Crippen LogP) is 13.7. The minimum atomic E-state index is -4.30. The minimum absolute atomic E-state index is 0.536. The van der Waals surface area contributed by atoms with Gasteiger partial charge in [0, 0.05) is 142 Å². The van der Waals surface area contributed by atoms with Crippen LogP contribution in [0.4, 0.5) is 16.8 Å². The van der Waals surface area contributed by atoms with E-state index in [-0.39, 0.29) is 0 Å². The summed E-state index contributed by atoms with van der Waals surface area (Å²) in [7, 11) is -17.2. The van der Waals surface area contributed by atoms with Crippen molar-refractivity contribution in [2.24, 2.45) is 0 Å². The van der Waals surface area contributed by atoms with E-state index in [0.717, 1.165) is 96.3 Å². The van der Waals surface area contributed by atoms with Crippen molar-refractivity contribution in [1.82, 2.24) is 0 Å². The van der Waals surface area contributed by atoms with E-state index in [0.29, 0.717) is 46.0 Å². The van der Waals surface area contributed by atoms with Crippen molar-refractivity contribution in [3.8, 4) is 0 Å². The first-order valence-electron chi connectivity index (χ1n) is 12.2. The molecule has 0 aromatic carbocycles. The maximum atomic E-state index is 12.5. The highest BCUT2D eigenvalue weighted by molar-refractivity contribution is 8.02. The van der Waals surface area contributed by atoms with Gasteiger partial charge in [-0.15, -0.1) is 16.8 Å². The second-order valence-corrected chi connectivity index (χ2v) is 20.3. The molecule has 0 bridgehead atoms. The Morgan fingerprint density at radius 3 is 0.477 bits per heavy atom. The van der Waals surface area contributed by atoms with Crippen LogP contribution in [-0.4, -0.2) is 46.0 Å². The van der Waals surface area contributed by atoms with E-state index in [1.807, 2.05) is 0 Å². The highest BCUT2D eigenvalue weighted by Gasteiger charge is 2.27. The molecule has 0 aliphatic carbocycles. The molecule has 28 heteroatoms. The number of rotatable bonds is 24. The lowest BCUT2D eigenvalue weighted by Crippen LogP contribution is -1.79. The Morgan fingerprint density at radius 1 is 0.318 bits per heavy atom. The number of hydrogen-bond acceptors (Lipinski definition) is 20. The van der Waals surface area contributed by atoms with Crippen LogP contribution in [-0.2, 0) is 50.0 Å². The molecule has 0 atom stereocenters. The molecule has 0 fully saturated rings. The van der Waals surface area contributed by atoms with Gasteiger partial charge in [-0.25, -0.2) is 50.0 Å². The van der Waals surface area contributed by atoms with Crippen molar-refractivity contribution in [2.45, 2.75) is 55.4 Å². The fourth-order valence-electron chi connectivity index (χ4n) is 0.975. The highest BCUT2D eigenvalue weighted by Crippen LogP contribution is 2.58. The van der Waals surface area contributed by atoms with Crippen molar-refractivity contribution >= 4 is 128 Å². The molecule has 44 heavy (non-hydrogen) atoms. The molecule has 0 radical (unpaired) electrons. The van der Waals surface area contributed by atoms with Crippen molar-refractivity contribution < 1.29 is 66.8 Å². The Labute approximate surface area is 294 Å². The van der Waals surface area contributed by atoms with Gasteiger partial charge >= 0.3 is 31.6 Å². The fourth-order valence-corrected chi connectivity index (χ4v) is 9.67. The molecule has 0 saturated carbocycles. The smallest absolute Gasteiger partial charge is 0.221 e. The lowest BCUT2D eigenvalue weighted by atomic mass is 11.0. The van der Waals surface area contributed by atoms with Crippen LogP contribution >= 0.6 is 128 Å². The quantitative estimate of drug-likeness (QED) is 0.0515. The van der Waals surface area contributed by atoms with E-state index in [1.54, 1.807) is 55.4 Å². The molecule has 0 aliphatic rings. The minimum Gasteiger partial charge on any atom is -0.221 e. The zero-order valence-corrected chi connectivity index (χ0v) is 35.2.